The predicted molar refractivity (Wildman–Crippen MR) is 225 cm³/mol. The first-order valence-corrected chi connectivity index (χ1v) is 21.9. The summed E-state index contributed by atoms with van der Waals surface area (Å²) >= 11 is 0. The van der Waals surface area contributed by atoms with Crippen LogP contribution in [-0.4, -0.2) is 102 Å². The fraction of sp³-hybridized carbons (Fsp3) is 0.511. The number of piperidine rings is 2. The monoisotopic (exact) mass is 826 g/mol. The van der Waals surface area contributed by atoms with Gasteiger partial charge in [0.25, 0.3) is 5.91 Å². The summed E-state index contributed by atoms with van der Waals surface area (Å²) in [6.07, 6.45) is 14.5. The van der Waals surface area contributed by atoms with Gasteiger partial charge in [0.05, 0.1) is 54.8 Å². The van der Waals surface area contributed by atoms with Gasteiger partial charge in [0, 0.05) is 36.8 Å². The number of likely N-dealkylation sites (tertiary alicyclic amines) is 1. The van der Waals surface area contributed by atoms with Gasteiger partial charge in [-0.05, 0) is 113 Å². The van der Waals surface area contributed by atoms with Gasteiger partial charge >= 0.3 is 0 Å². The van der Waals surface area contributed by atoms with E-state index in [0.717, 1.165) is 100 Å². The highest BCUT2D eigenvalue weighted by molar-refractivity contribution is 6.02. The number of anilines is 2. The van der Waals surface area contributed by atoms with Crippen molar-refractivity contribution in [3.8, 4) is 17.6 Å². The molecule has 5 fully saturated rings. The van der Waals surface area contributed by atoms with Crippen LogP contribution in [0.3, 0.4) is 0 Å². The molecule has 4 aliphatic heterocycles. The zero-order valence-corrected chi connectivity index (χ0v) is 34.4. The number of amides is 2. The minimum absolute atomic E-state index is 0.00812. The zero-order chi connectivity index (χ0) is 41.7. The lowest BCUT2D eigenvalue weighted by Crippen LogP contribution is -2.49. The van der Waals surface area contributed by atoms with Crippen molar-refractivity contribution in [2.45, 2.75) is 107 Å². The number of alkyl halides is 1. The summed E-state index contributed by atoms with van der Waals surface area (Å²) in [6.45, 7) is 6.56. The molecule has 2 amide bonds. The Morgan fingerprint density at radius 1 is 1.03 bits per heavy atom. The molecule has 1 aromatic carbocycles. The maximum Gasteiger partial charge on any atom is 0.268 e. The molecule has 0 unspecified atom stereocenters. The van der Waals surface area contributed by atoms with Gasteiger partial charge in [0.1, 0.15) is 17.5 Å². The quantitative estimate of drug-likeness (QED) is 0.153. The van der Waals surface area contributed by atoms with E-state index >= 15 is 4.39 Å². The second kappa shape index (κ2) is 16.2. The highest BCUT2D eigenvalue weighted by atomic mass is 19.1. The largest absolute Gasteiger partial charge is 0.374 e. The number of rotatable bonds is 11. The molecule has 1 saturated carbocycles. The van der Waals surface area contributed by atoms with Gasteiger partial charge in [0.15, 0.2) is 11.5 Å². The smallest absolute Gasteiger partial charge is 0.268 e. The molecule has 2 N–H and O–H groups in total. The van der Waals surface area contributed by atoms with E-state index in [1.807, 2.05) is 31.3 Å². The molecule has 8 heterocycles. The summed E-state index contributed by atoms with van der Waals surface area (Å²) < 4.78 is 24.8. The van der Waals surface area contributed by atoms with Crippen LogP contribution in [-0.2, 0) is 20.0 Å². The van der Waals surface area contributed by atoms with Crippen LogP contribution in [0.5, 0.6) is 0 Å². The van der Waals surface area contributed by atoms with Gasteiger partial charge in [-0.3, -0.25) is 14.9 Å². The Morgan fingerprint density at radius 2 is 1.85 bits per heavy atom. The van der Waals surface area contributed by atoms with Gasteiger partial charge in [-0.1, -0.05) is 29.5 Å². The van der Waals surface area contributed by atoms with E-state index in [1.165, 1.54) is 12.0 Å². The number of morpholine rings is 1. The summed E-state index contributed by atoms with van der Waals surface area (Å²) in [5.41, 5.74) is 2.46. The number of hydrogen-bond acceptors (Lipinski definition) is 12. The molecule has 15 nitrogen and oxygen atoms in total. The second-order valence-electron chi connectivity index (χ2n) is 17.7. The van der Waals surface area contributed by atoms with Crippen molar-refractivity contribution in [3.05, 3.63) is 77.9 Å². The summed E-state index contributed by atoms with van der Waals surface area (Å²) in [5, 5.41) is 30.0. The number of fused-ring (bicyclic) bond motifs is 3. The van der Waals surface area contributed by atoms with Gasteiger partial charge < -0.3 is 19.9 Å². The van der Waals surface area contributed by atoms with Gasteiger partial charge in [-0.2, -0.15) is 15.0 Å². The average molecular weight is 827 g/mol. The first-order valence-electron chi connectivity index (χ1n) is 21.9. The van der Waals surface area contributed by atoms with Crippen molar-refractivity contribution in [3.63, 3.8) is 0 Å². The van der Waals surface area contributed by atoms with Crippen LogP contribution in [0.2, 0.25) is 0 Å². The summed E-state index contributed by atoms with van der Waals surface area (Å²) in [5.74, 6) is 1.65. The van der Waals surface area contributed by atoms with E-state index in [0.29, 0.717) is 46.6 Å². The van der Waals surface area contributed by atoms with Crippen molar-refractivity contribution < 1.29 is 18.7 Å². The lowest BCUT2D eigenvalue weighted by molar-refractivity contribution is -0.144. The van der Waals surface area contributed by atoms with Crippen molar-refractivity contribution in [2.75, 3.05) is 43.0 Å². The topological polar surface area (TPSA) is 172 Å². The van der Waals surface area contributed by atoms with E-state index in [1.54, 1.807) is 33.9 Å². The first-order chi connectivity index (χ1) is 29.7. The van der Waals surface area contributed by atoms with Crippen LogP contribution in [0.1, 0.15) is 99.8 Å². The molecule has 4 aromatic heterocycles. The zero-order valence-electron chi connectivity index (χ0n) is 34.4. The molecule has 5 aliphatic rings. The third-order valence-electron chi connectivity index (χ3n) is 13.9. The lowest BCUT2D eigenvalue weighted by atomic mass is 9.79. The normalized spacial score (nSPS) is 26.4. The SMILES string of the molecule is C[C@H](C#N)Nc1cc(-n2ncc3ccc(N4C[C@H]5C[C@@H]4CO5)nc32)ncc1-n1cc(C2CCC(CCN3CCC(c4ccc([C@@]5(F)CCC(=O)NC5=O)cc4)CC3)CC2)nn1. The molecule has 10 rings (SSSR count). The molecule has 1 aliphatic carbocycles. The van der Waals surface area contributed by atoms with E-state index in [4.69, 9.17) is 14.7 Å². The molecule has 316 valence electrons. The molecular formula is C45H51FN12O3. The number of carbonyl (C=O) groups excluding carboxylic acids is 2. The number of ether oxygens (including phenoxy) is 1. The Labute approximate surface area is 353 Å². The first kappa shape index (κ1) is 39.4. The Kier molecular flexibility index (Phi) is 10.5. The van der Waals surface area contributed by atoms with Crippen LogP contribution in [0, 0.1) is 17.2 Å². The third kappa shape index (κ3) is 7.74. The van der Waals surface area contributed by atoms with Crippen molar-refractivity contribution >= 4 is 34.4 Å². The number of pyridine rings is 2. The number of benzene rings is 1. The highest BCUT2D eigenvalue weighted by Crippen LogP contribution is 2.39. The number of carbonyl (C=O) groups is 2. The molecular weight excluding hydrogens is 776 g/mol. The maximum absolute atomic E-state index is 15.5. The van der Waals surface area contributed by atoms with Crippen LogP contribution < -0.4 is 15.5 Å². The summed E-state index contributed by atoms with van der Waals surface area (Å²) in [6, 6.07) is 15.5. The number of aromatic nitrogens is 7. The van der Waals surface area contributed by atoms with Gasteiger partial charge in [-0.25, -0.2) is 19.0 Å². The van der Waals surface area contributed by atoms with E-state index < -0.39 is 23.5 Å². The maximum atomic E-state index is 15.5. The minimum atomic E-state index is -2.15. The number of nitriles is 1. The Hall–Kier alpha value is -5.79. The lowest BCUT2D eigenvalue weighted by Gasteiger charge is -2.34. The highest BCUT2D eigenvalue weighted by Gasteiger charge is 2.45. The molecule has 61 heavy (non-hydrogen) atoms. The molecule has 4 atom stereocenters. The Morgan fingerprint density at radius 3 is 2.59 bits per heavy atom. The summed E-state index contributed by atoms with van der Waals surface area (Å²) in [4.78, 5) is 38.6. The van der Waals surface area contributed by atoms with Crippen LogP contribution in [0.15, 0.2) is 61.1 Å². The van der Waals surface area contributed by atoms with E-state index in [2.05, 4.69) is 54.0 Å². The number of nitrogens with one attached hydrogen (secondary N) is 2. The number of nitrogens with zero attached hydrogens (tertiary/aromatic N) is 10. The van der Waals surface area contributed by atoms with Crippen LogP contribution in [0.4, 0.5) is 15.9 Å². The molecule has 16 heteroatoms. The Bertz CT molecular complexity index is 2470. The second-order valence-corrected chi connectivity index (χ2v) is 17.7. The van der Waals surface area contributed by atoms with E-state index in [-0.39, 0.29) is 18.9 Å². The molecule has 4 saturated heterocycles. The molecule has 0 radical (unpaired) electrons. The van der Waals surface area contributed by atoms with Gasteiger partial charge in [-0.15, -0.1) is 5.10 Å². The van der Waals surface area contributed by atoms with Crippen molar-refractivity contribution in [1.29, 1.82) is 5.26 Å². The van der Waals surface area contributed by atoms with Crippen LogP contribution in [0.25, 0.3) is 22.5 Å². The standard InChI is InChI=1S/C45H51FN12O3/c1-28(22-47)50-37-21-41(58-43-33(23-49-58)8-11-40(51-43)56-25-36-20-35(56)27-61-36)48-24-39(37)57-26-38(53-54-57)32-4-2-29(3-5-32)13-17-55-18-14-31(15-19-55)30-6-9-34(10-7-30)45(46)16-12-42(59)52-44(45)60/h6-11,21,23-24,26,28-29,31-32,35-36H,2-5,12-20,25,27H2,1H3,(H,48,50)(H,52,59,60)/t28-,29?,32?,35-,36-,45+/m1/s1. The average Bonchev–Trinajstić information content (AvgIpc) is 4.13. The van der Waals surface area contributed by atoms with Crippen LogP contribution >= 0.6 is 0 Å². The third-order valence-corrected chi connectivity index (χ3v) is 13.9. The predicted octanol–water partition coefficient (Wildman–Crippen LogP) is 5.84. The fourth-order valence-corrected chi connectivity index (χ4v) is 10.2. The van der Waals surface area contributed by atoms with Crippen molar-refractivity contribution in [1.82, 2.24) is 45.0 Å². The number of imide groups is 1. The molecule has 0 spiro atoms. The van der Waals surface area contributed by atoms with E-state index in [9.17, 15) is 14.9 Å². The molecule has 2 bridgehead atoms. The van der Waals surface area contributed by atoms with Gasteiger partial charge in [0.2, 0.25) is 11.6 Å². The number of hydrogen-bond donors (Lipinski definition) is 2. The Balaban J connectivity index is 0.739. The summed E-state index contributed by atoms with van der Waals surface area (Å²) in [7, 11) is 0. The molecule has 5 aromatic rings. The number of halogens is 1. The minimum Gasteiger partial charge on any atom is -0.374 e. The fourth-order valence-electron chi connectivity index (χ4n) is 10.2. The van der Waals surface area contributed by atoms with Crippen molar-refractivity contribution in [2.24, 2.45) is 5.92 Å².